The van der Waals surface area contributed by atoms with Crippen molar-refractivity contribution in [3.63, 3.8) is 0 Å². The van der Waals surface area contributed by atoms with Crippen molar-refractivity contribution in [1.29, 1.82) is 0 Å². The van der Waals surface area contributed by atoms with Crippen molar-refractivity contribution in [2.45, 2.75) is 0 Å². The van der Waals surface area contributed by atoms with Gasteiger partial charge in [0.15, 0.2) is 11.6 Å². The van der Waals surface area contributed by atoms with Gasteiger partial charge in [-0.25, -0.2) is 0 Å². The third kappa shape index (κ3) is 1.54. The highest BCUT2D eigenvalue weighted by Crippen LogP contribution is 2.00. The van der Waals surface area contributed by atoms with Crippen molar-refractivity contribution in [1.82, 2.24) is 0 Å². The molecule has 1 rings (SSSR count). The van der Waals surface area contributed by atoms with E-state index < -0.39 is 0 Å². The van der Waals surface area contributed by atoms with Crippen molar-refractivity contribution in [3.8, 4) is 0 Å². The monoisotopic (exact) mass is 141 g/mol. The molecule has 0 radical (unpaired) electrons. The smallest absolute Gasteiger partial charge is 0.225 e. The molecule has 0 saturated heterocycles. The van der Waals surface area contributed by atoms with Gasteiger partial charge in [0.25, 0.3) is 0 Å². The number of aldehydes is 1. The molecule has 0 unspecified atom stereocenters. The van der Waals surface area contributed by atoms with Crippen LogP contribution in [0.3, 0.4) is 0 Å². The SMILES string of the molecule is O=Cc1ccc([ClH+])cc1. The summed E-state index contributed by atoms with van der Waals surface area (Å²) in [6.07, 6.45) is 0.800. The molecule has 0 amide bonds. The summed E-state index contributed by atoms with van der Waals surface area (Å²) in [6.45, 7) is 0. The second kappa shape index (κ2) is 2.65. The molecule has 1 nitrogen and oxygen atoms in total. The molecule has 0 aliphatic rings. The molecule has 0 fully saturated rings. The molecule has 9 heavy (non-hydrogen) atoms. The fourth-order valence-electron chi connectivity index (χ4n) is 0.546. The largest absolute Gasteiger partial charge is 0.298 e. The molecular formula is C7H6ClO+. The average molecular weight is 142 g/mol. The van der Waals surface area contributed by atoms with Crippen LogP contribution in [0.15, 0.2) is 24.3 Å². The first-order valence-electron chi connectivity index (χ1n) is 2.55. The summed E-state index contributed by atoms with van der Waals surface area (Å²) in [7, 11) is 0. The van der Waals surface area contributed by atoms with Gasteiger partial charge < -0.3 is 0 Å². The lowest BCUT2D eigenvalue weighted by Gasteiger charge is -1.82. The van der Waals surface area contributed by atoms with Crippen LogP contribution < -0.4 is 0 Å². The minimum Gasteiger partial charge on any atom is -0.298 e. The van der Waals surface area contributed by atoms with E-state index >= 15 is 0 Å². The van der Waals surface area contributed by atoms with E-state index in [9.17, 15) is 4.79 Å². The van der Waals surface area contributed by atoms with Crippen LogP contribution in [0.5, 0.6) is 0 Å². The number of carbonyl (C=O) groups is 1. The van der Waals surface area contributed by atoms with Crippen LogP contribution in [0, 0.1) is 11.6 Å². The first-order valence-corrected chi connectivity index (χ1v) is 2.96. The summed E-state index contributed by atoms with van der Waals surface area (Å²) in [5.74, 6) is 0. The zero-order valence-corrected chi connectivity index (χ0v) is 5.52. The molecule has 0 aliphatic carbocycles. The summed E-state index contributed by atoms with van der Waals surface area (Å²) < 4.78 is 0. The average Bonchev–Trinajstić information content (AvgIpc) is 1.90. The van der Waals surface area contributed by atoms with Crippen LogP contribution in [0.2, 0.25) is 5.02 Å². The maximum Gasteiger partial charge on any atom is 0.225 e. The van der Waals surface area contributed by atoms with Crippen LogP contribution in [0.4, 0.5) is 0 Å². The van der Waals surface area contributed by atoms with E-state index in [4.69, 9.17) is 11.6 Å². The van der Waals surface area contributed by atoms with Crippen molar-refractivity contribution < 1.29 is 16.4 Å². The molecule has 0 aliphatic heterocycles. The molecule has 0 aromatic heterocycles. The second-order valence-corrected chi connectivity index (χ2v) is 2.16. The summed E-state index contributed by atoms with van der Waals surface area (Å²) in [4.78, 5) is 10.1. The Balaban J connectivity index is 3.01. The van der Waals surface area contributed by atoms with E-state index in [1.807, 2.05) is 0 Å². The Labute approximate surface area is 58.3 Å². The zero-order chi connectivity index (χ0) is 6.69. The summed E-state index contributed by atoms with van der Waals surface area (Å²) in [5.41, 5.74) is 0.670. The number of halogens is 1. The van der Waals surface area contributed by atoms with Crippen LogP contribution in [0.1, 0.15) is 10.4 Å². The topological polar surface area (TPSA) is 17.1 Å². The molecule has 0 N–H and O–H groups in total. The van der Waals surface area contributed by atoms with Crippen LogP contribution in [-0.2, 0) is 0 Å². The maximum atomic E-state index is 10.1. The molecule has 1 aromatic rings. The Morgan fingerprint density at radius 3 is 2.22 bits per heavy atom. The molecule has 0 spiro atoms. The Kier molecular flexibility index (Phi) is 1.85. The van der Waals surface area contributed by atoms with E-state index in [0.29, 0.717) is 5.56 Å². The number of carbonyl (C=O) groups excluding carboxylic acids is 1. The van der Waals surface area contributed by atoms with Crippen LogP contribution in [-0.4, -0.2) is 6.29 Å². The van der Waals surface area contributed by atoms with Gasteiger partial charge in [-0.15, -0.1) is 0 Å². The van der Waals surface area contributed by atoms with E-state index in [2.05, 4.69) is 0 Å². The zero-order valence-electron chi connectivity index (χ0n) is 4.70. The minimum absolute atomic E-state index is 0.670. The normalized spacial score (nSPS) is 9.00. The summed E-state index contributed by atoms with van der Waals surface area (Å²) in [6, 6.07) is 6.88. The quantitative estimate of drug-likeness (QED) is 0.537. The standard InChI is InChI=1S/C7H6ClO/c8-7-3-1-6(5-9)2-4-7/h1-5,8H/q+1. The molecule has 0 atom stereocenters. The lowest BCUT2D eigenvalue weighted by molar-refractivity contribution is -0.288. The minimum atomic E-state index is 0.670. The number of hydrogen-bond acceptors (Lipinski definition) is 1. The van der Waals surface area contributed by atoms with E-state index in [1.165, 1.54) is 0 Å². The molecular weight excluding hydrogens is 136 g/mol. The van der Waals surface area contributed by atoms with E-state index in [-0.39, 0.29) is 0 Å². The predicted octanol–water partition coefficient (Wildman–Crippen LogP) is 1.20. The maximum absolute atomic E-state index is 10.1. The Morgan fingerprint density at radius 1 is 1.22 bits per heavy atom. The first-order chi connectivity index (χ1) is 4.33. The highest BCUT2D eigenvalue weighted by atomic mass is 35.5. The lowest BCUT2D eigenvalue weighted by atomic mass is 10.2. The van der Waals surface area contributed by atoms with Gasteiger partial charge in [0.2, 0.25) is 5.02 Å². The Hall–Kier alpha value is -0.820. The third-order valence-corrected chi connectivity index (χ3v) is 1.29. The summed E-state index contributed by atoms with van der Waals surface area (Å²) in [5, 5.41) is 0.764. The van der Waals surface area contributed by atoms with E-state index in [0.717, 1.165) is 11.3 Å². The van der Waals surface area contributed by atoms with Gasteiger partial charge in [0, 0.05) is 17.7 Å². The Morgan fingerprint density at radius 2 is 1.78 bits per heavy atom. The molecule has 2 heteroatoms. The number of hydrogen-bond donors (Lipinski definition) is 0. The highest BCUT2D eigenvalue weighted by Gasteiger charge is 1.93. The van der Waals surface area contributed by atoms with Gasteiger partial charge in [0.1, 0.15) is 6.29 Å². The van der Waals surface area contributed by atoms with Crippen molar-refractivity contribution >= 4 is 6.29 Å². The fourth-order valence-corrected chi connectivity index (χ4v) is 0.682. The molecule has 1 aromatic carbocycles. The van der Waals surface area contributed by atoms with Crippen LogP contribution in [0.25, 0.3) is 0 Å². The van der Waals surface area contributed by atoms with Gasteiger partial charge >= 0.3 is 0 Å². The highest BCUT2D eigenvalue weighted by molar-refractivity contribution is 5.74. The molecule has 0 bridgehead atoms. The van der Waals surface area contributed by atoms with Gasteiger partial charge in [-0.1, -0.05) is 0 Å². The number of benzene rings is 1. The van der Waals surface area contributed by atoms with Gasteiger partial charge in [-0.3, -0.25) is 4.79 Å². The van der Waals surface area contributed by atoms with Gasteiger partial charge in [-0.05, 0) is 12.1 Å². The lowest BCUT2D eigenvalue weighted by Crippen LogP contribution is -1.76. The van der Waals surface area contributed by atoms with E-state index in [1.54, 1.807) is 24.3 Å². The van der Waals surface area contributed by atoms with Gasteiger partial charge in [0.05, 0.1) is 0 Å². The predicted molar refractivity (Wildman–Crippen MR) is 32.4 cm³/mol. The summed E-state index contributed by atoms with van der Waals surface area (Å²) >= 11 is 4.80. The van der Waals surface area contributed by atoms with Crippen molar-refractivity contribution in [2.75, 3.05) is 0 Å². The second-order valence-electron chi connectivity index (χ2n) is 1.69. The molecule has 46 valence electrons. The van der Waals surface area contributed by atoms with Crippen LogP contribution >= 0.6 is 0 Å². The van der Waals surface area contributed by atoms with Gasteiger partial charge in [-0.2, -0.15) is 0 Å². The Bertz CT molecular complexity index is 203. The number of rotatable bonds is 1. The van der Waals surface area contributed by atoms with Crippen molar-refractivity contribution in [3.05, 3.63) is 34.9 Å². The molecule has 0 heterocycles. The first kappa shape index (κ1) is 6.30. The fraction of sp³-hybridized carbons (Fsp3) is 0. The third-order valence-electron chi connectivity index (χ3n) is 1.02. The molecule has 0 saturated carbocycles. The van der Waals surface area contributed by atoms with Crippen molar-refractivity contribution in [2.24, 2.45) is 0 Å².